The lowest BCUT2D eigenvalue weighted by Crippen LogP contribution is -2.57. The Kier molecular flexibility index (Phi) is 25.5. The van der Waals surface area contributed by atoms with Gasteiger partial charge in [0.25, 0.3) is 0 Å². The number of hydrogen-bond donors (Lipinski definition) is 16. The highest BCUT2D eigenvalue weighted by Crippen LogP contribution is 2.12. The van der Waals surface area contributed by atoms with Crippen LogP contribution in [0.1, 0.15) is 46.1 Å². The second kappa shape index (κ2) is 29.5. The van der Waals surface area contributed by atoms with E-state index in [4.69, 9.17) is 5.73 Å². The molecule has 0 heterocycles. The van der Waals surface area contributed by atoms with Crippen molar-refractivity contribution in [2.45, 2.75) is 89.3 Å². The van der Waals surface area contributed by atoms with E-state index in [1.54, 1.807) is 0 Å². The van der Waals surface area contributed by atoms with Gasteiger partial charge in [-0.25, -0.2) is 4.79 Å². The molecule has 0 saturated carbocycles. The Balaban J connectivity index is 2.56. The molecule has 67 heavy (non-hydrogen) atoms. The molecule has 0 aliphatic heterocycles. The molecule has 372 valence electrons. The molecule has 7 atom stereocenters. The molecule has 16 N–H and O–H groups in total. The number of rotatable bonds is 29. The number of hydrogen-bond acceptors (Lipinski definition) is 16. The number of aliphatic hydroxyl groups is 1. The topological polar surface area (TPSA) is 432 Å². The van der Waals surface area contributed by atoms with E-state index in [-0.39, 0.29) is 23.8 Å². The summed E-state index contributed by atoms with van der Waals surface area (Å²) < 4.78 is 0. The molecule has 0 saturated heterocycles. The predicted octanol–water partition coefficient (Wildman–Crippen LogP) is -6.80. The van der Waals surface area contributed by atoms with Gasteiger partial charge >= 0.3 is 11.9 Å². The Morgan fingerprint density at radius 3 is 1.49 bits per heavy atom. The first-order valence-electron chi connectivity index (χ1n) is 20.5. The van der Waals surface area contributed by atoms with E-state index >= 15 is 0 Å². The van der Waals surface area contributed by atoms with Gasteiger partial charge in [0.05, 0.1) is 45.2 Å². The molecule has 0 fully saturated rings. The van der Waals surface area contributed by atoms with Crippen molar-refractivity contribution in [1.29, 1.82) is 0 Å². The third-order valence-electron chi connectivity index (χ3n) is 8.98. The number of thiol groups is 1. The van der Waals surface area contributed by atoms with Gasteiger partial charge in [0.15, 0.2) is 0 Å². The number of nitrogens with one attached hydrogen (secondary N) is 10. The summed E-state index contributed by atoms with van der Waals surface area (Å²) in [6.07, 6.45) is -0.696. The summed E-state index contributed by atoms with van der Waals surface area (Å²) in [6, 6.07) is -3.88. The Labute approximate surface area is 389 Å². The Hall–Kier alpha value is -7.07. The van der Waals surface area contributed by atoms with Crippen LogP contribution in [0.2, 0.25) is 0 Å². The third-order valence-corrected chi connectivity index (χ3v) is 9.34. The molecule has 0 bridgehead atoms. The summed E-state index contributed by atoms with van der Waals surface area (Å²) in [6.45, 7) is 2.28. The number of amides is 10. The smallest absolute Gasteiger partial charge is 0.326 e. The summed E-state index contributed by atoms with van der Waals surface area (Å²) in [5.41, 5.74) is 6.31. The van der Waals surface area contributed by atoms with E-state index in [1.165, 1.54) is 38.1 Å². The van der Waals surface area contributed by atoms with Crippen LogP contribution >= 0.6 is 12.6 Å². The maximum absolute atomic E-state index is 12.8. The van der Waals surface area contributed by atoms with Crippen molar-refractivity contribution < 1.29 is 78.0 Å². The lowest BCUT2D eigenvalue weighted by Gasteiger charge is -2.22. The number of nitrogens with two attached hydrogens (primary N) is 1. The van der Waals surface area contributed by atoms with Crippen LogP contribution < -0.4 is 58.9 Å². The van der Waals surface area contributed by atoms with Crippen LogP contribution in [0.3, 0.4) is 0 Å². The first-order valence-corrected chi connectivity index (χ1v) is 21.1. The zero-order valence-corrected chi connectivity index (χ0v) is 37.9. The summed E-state index contributed by atoms with van der Waals surface area (Å²) in [5, 5.41) is 59.9. The maximum Gasteiger partial charge on any atom is 0.326 e. The highest BCUT2D eigenvalue weighted by molar-refractivity contribution is 7.80. The Morgan fingerprint density at radius 1 is 0.552 bits per heavy atom. The first-order chi connectivity index (χ1) is 31.4. The molecule has 1 aromatic carbocycles. The second-order valence-electron chi connectivity index (χ2n) is 15.2. The first kappa shape index (κ1) is 57.9. The average Bonchev–Trinajstić information content (AvgIpc) is 3.26. The molecule has 28 heteroatoms. The molecule has 0 unspecified atom stereocenters. The number of aliphatic hydroxyl groups excluding tert-OH is 1. The SMILES string of the molecule is CC(C)C[C@H](N)C(=O)N[C@@H](C)C(=O)N[C@@H](CC(=O)O)C(=O)NCC(=O)NCC(=O)N[C@@H](CS)C(=O)N[C@@H](CO)C(=O)NCC(=O)NCC(=O)N[C@@H](C)C(=O)N[C@@H](Cc1ccc(O)cc1)C(=O)O. The second-order valence-corrected chi connectivity index (χ2v) is 15.6. The fourth-order valence-corrected chi connectivity index (χ4v) is 5.63. The van der Waals surface area contributed by atoms with Gasteiger partial charge < -0.3 is 79.3 Å². The van der Waals surface area contributed by atoms with Gasteiger partial charge in [-0.1, -0.05) is 26.0 Å². The van der Waals surface area contributed by atoms with Crippen LogP contribution in [0, 0.1) is 5.92 Å². The van der Waals surface area contributed by atoms with Crippen LogP contribution in [-0.4, -0.2) is 172 Å². The lowest BCUT2D eigenvalue weighted by molar-refractivity contribution is -0.142. The molecule has 0 radical (unpaired) electrons. The Bertz CT molecular complexity index is 1960. The summed E-state index contributed by atoms with van der Waals surface area (Å²) >= 11 is 3.99. The number of carbonyl (C=O) groups excluding carboxylic acids is 10. The highest BCUT2D eigenvalue weighted by Gasteiger charge is 2.30. The number of aliphatic carboxylic acids is 2. The molecule has 27 nitrogen and oxygen atoms in total. The zero-order valence-electron chi connectivity index (χ0n) is 37.0. The van der Waals surface area contributed by atoms with Crippen molar-refractivity contribution in [1.82, 2.24) is 53.2 Å². The molecule has 10 amide bonds. The predicted molar refractivity (Wildman–Crippen MR) is 235 cm³/mol. The minimum absolute atomic E-state index is 0.0385. The van der Waals surface area contributed by atoms with Gasteiger partial charge in [0.2, 0.25) is 59.1 Å². The molecular weight excluding hydrogens is 911 g/mol. The molecule has 0 aliphatic rings. The van der Waals surface area contributed by atoms with E-state index in [0.717, 1.165) is 0 Å². The van der Waals surface area contributed by atoms with E-state index in [9.17, 15) is 78.0 Å². The zero-order chi connectivity index (χ0) is 51.0. The minimum atomic E-state index is -1.67. The highest BCUT2D eigenvalue weighted by atomic mass is 32.1. The monoisotopic (exact) mass is 969 g/mol. The van der Waals surface area contributed by atoms with Gasteiger partial charge in [0, 0.05) is 12.2 Å². The molecule has 1 aromatic rings. The van der Waals surface area contributed by atoms with Crippen molar-refractivity contribution in [2.24, 2.45) is 11.7 Å². The third kappa shape index (κ3) is 23.1. The van der Waals surface area contributed by atoms with Gasteiger partial charge in [-0.2, -0.15) is 12.6 Å². The minimum Gasteiger partial charge on any atom is -0.508 e. The van der Waals surface area contributed by atoms with Crippen LogP contribution in [0.25, 0.3) is 0 Å². The van der Waals surface area contributed by atoms with E-state index in [1.807, 2.05) is 13.8 Å². The average molecular weight is 970 g/mol. The number of carboxylic acids is 2. The number of phenols is 1. The molecule has 0 spiro atoms. The largest absolute Gasteiger partial charge is 0.508 e. The van der Waals surface area contributed by atoms with E-state index < -0.39 is 153 Å². The van der Waals surface area contributed by atoms with Crippen LogP contribution in [-0.2, 0) is 64.0 Å². The number of carbonyl (C=O) groups is 12. The summed E-state index contributed by atoms with van der Waals surface area (Å²) in [7, 11) is 0. The standard InChI is InChI=1S/C39H59N11O16S/c1-18(2)9-23(40)35(61)46-20(4)34(60)48-24(11-32(57)58)36(62)43-12-28(53)42-15-31(56)47-27(17-67)38(64)50-26(16-51)37(63)44-13-29(54)41-14-30(55)45-19(3)33(59)49-25(39(65)66)10-21-5-7-22(52)8-6-21/h5-8,18-20,23-27,51-52,67H,9-17,40H2,1-4H3,(H,41,54)(H,42,53)(H,43,62)(H,44,63)(H,45,55)(H,46,61)(H,47,56)(H,48,60)(H,49,59)(H,50,64)(H,57,58)(H,65,66)/t19-,20-,23-,24-,25-,26-,27-/m0/s1. The Morgan fingerprint density at radius 2 is 1.01 bits per heavy atom. The molecule has 0 aliphatic carbocycles. The number of benzene rings is 1. The van der Waals surface area contributed by atoms with Crippen molar-refractivity contribution in [3.05, 3.63) is 29.8 Å². The van der Waals surface area contributed by atoms with Gasteiger partial charge in [-0.3, -0.25) is 52.7 Å². The summed E-state index contributed by atoms with van der Waals surface area (Å²) in [4.78, 5) is 148. The summed E-state index contributed by atoms with van der Waals surface area (Å²) in [5.74, 6) is -12.4. The molecule has 1 rings (SSSR count). The van der Waals surface area contributed by atoms with Crippen molar-refractivity contribution in [2.75, 3.05) is 38.5 Å². The van der Waals surface area contributed by atoms with Gasteiger partial charge in [-0.05, 0) is 43.9 Å². The van der Waals surface area contributed by atoms with Crippen LogP contribution in [0.5, 0.6) is 5.75 Å². The van der Waals surface area contributed by atoms with E-state index in [0.29, 0.717) is 12.0 Å². The fraction of sp³-hybridized carbons (Fsp3) is 0.538. The van der Waals surface area contributed by atoms with Crippen molar-refractivity contribution >= 4 is 83.6 Å². The number of phenolic OH excluding ortho intramolecular Hbond substituents is 1. The quantitative estimate of drug-likeness (QED) is 0.0332. The lowest BCUT2D eigenvalue weighted by atomic mass is 10.0. The normalized spacial score (nSPS) is 13.9. The maximum atomic E-state index is 12.8. The molecule has 0 aromatic heterocycles. The fourth-order valence-electron chi connectivity index (χ4n) is 5.37. The number of aromatic hydroxyl groups is 1. The van der Waals surface area contributed by atoms with Crippen LogP contribution in [0.15, 0.2) is 24.3 Å². The van der Waals surface area contributed by atoms with E-state index in [2.05, 4.69) is 65.8 Å². The van der Waals surface area contributed by atoms with Crippen molar-refractivity contribution in [3.8, 4) is 5.75 Å². The molecular formula is C39H59N11O16S. The van der Waals surface area contributed by atoms with Gasteiger partial charge in [-0.15, -0.1) is 0 Å². The van der Waals surface area contributed by atoms with Crippen LogP contribution in [0.4, 0.5) is 0 Å². The van der Waals surface area contributed by atoms with Crippen molar-refractivity contribution in [3.63, 3.8) is 0 Å². The number of carboxylic acid groups (broad SMARTS) is 2. The van der Waals surface area contributed by atoms with Gasteiger partial charge in [0.1, 0.15) is 42.0 Å².